The highest BCUT2D eigenvalue weighted by Crippen LogP contribution is 2.32. The van der Waals surface area contributed by atoms with Gasteiger partial charge in [-0.15, -0.1) is 0 Å². The molecule has 5 nitrogen and oxygen atoms in total. The van der Waals surface area contributed by atoms with Gasteiger partial charge in [-0.2, -0.15) is 0 Å². The normalized spacial score (nSPS) is 14.4. The summed E-state index contributed by atoms with van der Waals surface area (Å²) in [5, 5.41) is 10.1. The number of aliphatic hydroxyl groups excluding tert-OH is 1. The smallest absolute Gasteiger partial charge is 0.301 e. The van der Waals surface area contributed by atoms with E-state index in [1.54, 1.807) is 24.3 Å². The van der Waals surface area contributed by atoms with E-state index in [0.29, 0.717) is 17.9 Å². The minimum Gasteiger partial charge on any atom is -0.502 e. The first-order chi connectivity index (χ1) is 12.0. The van der Waals surface area contributed by atoms with Gasteiger partial charge < -0.3 is 9.84 Å². The highest BCUT2D eigenvalue weighted by atomic mass is 19.1. The molecule has 0 aromatic heterocycles. The number of aliphatic hydroxyl groups is 1. The molecule has 1 aliphatic heterocycles. The maximum absolute atomic E-state index is 13.4. The van der Waals surface area contributed by atoms with E-state index in [1.165, 1.54) is 18.2 Å². The first-order valence-electron chi connectivity index (χ1n) is 7.83. The lowest BCUT2D eigenvalue weighted by Gasteiger charge is -2.14. The molecule has 0 unspecified atom stereocenters. The van der Waals surface area contributed by atoms with E-state index in [4.69, 9.17) is 4.74 Å². The van der Waals surface area contributed by atoms with Crippen molar-refractivity contribution in [2.24, 2.45) is 0 Å². The molecule has 25 heavy (non-hydrogen) atoms. The molecule has 1 N–H and O–H groups in total. The molecule has 1 aliphatic rings. The summed E-state index contributed by atoms with van der Waals surface area (Å²) < 4.78 is 18.9. The monoisotopic (exact) mass is 341 g/mol. The topological polar surface area (TPSA) is 66.8 Å². The fourth-order valence-electron chi connectivity index (χ4n) is 2.57. The van der Waals surface area contributed by atoms with Crippen LogP contribution in [-0.2, 0) is 9.59 Å². The molecular formula is C19H16FNO4. The Labute approximate surface area is 144 Å². The van der Waals surface area contributed by atoms with Gasteiger partial charge in [0.25, 0.3) is 5.91 Å². The minimum atomic E-state index is -0.878. The van der Waals surface area contributed by atoms with Crippen molar-refractivity contribution in [1.82, 2.24) is 0 Å². The Bertz CT molecular complexity index is 858. The number of hydrogen-bond acceptors (Lipinski definition) is 4. The number of rotatable bonds is 5. The molecule has 0 fully saturated rings. The van der Waals surface area contributed by atoms with Crippen molar-refractivity contribution in [1.29, 1.82) is 0 Å². The van der Waals surface area contributed by atoms with Crippen molar-refractivity contribution in [2.45, 2.75) is 13.3 Å². The first-order valence-corrected chi connectivity index (χ1v) is 7.83. The van der Waals surface area contributed by atoms with E-state index in [1.807, 2.05) is 6.92 Å². The Morgan fingerprint density at radius 3 is 2.44 bits per heavy atom. The third kappa shape index (κ3) is 3.10. The number of halogens is 1. The zero-order chi connectivity index (χ0) is 18.0. The molecule has 0 saturated heterocycles. The van der Waals surface area contributed by atoms with Gasteiger partial charge in [0.05, 0.1) is 17.9 Å². The molecule has 2 aromatic carbocycles. The summed E-state index contributed by atoms with van der Waals surface area (Å²) in [7, 11) is 0. The Morgan fingerprint density at radius 1 is 1.08 bits per heavy atom. The van der Waals surface area contributed by atoms with E-state index in [2.05, 4.69) is 0 Å². The number of anilines is 1. The average molecular weight is 341 g/mol. The van der Waals surface area contributed by atoms with Crippen LogP contribution in [0.5, 0.6) is 5.75 Å². The van der Waals surface area contributed by atoms with Crippen LogP contribution >= 0.6 is 0 Å². The Balaban J connectivity index is 1.92. The van der Waals surface area contributed by atoms with Gasteiger partial charge >= 0.3 is 5.91 Å². The number of carbonyl (C=O) groups excluding carboxylic acids is 2. The van der Waals surface area contributed by atoms with Crippen LogP contribution in [0.4, 0.5) is 10.1 Å². The van der Waals surface area contributed by atoms with Crippen LogP contribution in [0.15, 0.2) is 54.3 Å². The standard InChI is InChI=1S/C19H16FNO4/c1-2-10-25-15-8-6-12(7-9-15)16-17(22)19(24)21(18(16)23)14-5-3-4-13(20)11-14/h3-9,11,22H,2,10H2,1H3. The lowest BCUT2D eigenvalue weighted by molar-refractivity contribution is -0.121. The highest BCUT2D eigenvalue weighted by molar-refractivity contribution is 6.44. The van der Waals surface area contributed by atoms with Gasteiger partial charge in [-0.1, -0.05) is 25.1 Å². The summed E-state index contributed by atoms with van der Waals surface area (Å²) in [5.41, 5.74) is 0.342. The number of nitrogens with zero attached hydrogens (tertiary/aromatic N) is 1. The Hall–Kier alpha value is -3.15. The van der Waals surface area contributed by atoms with Crippen molar-refractivity contribution >= 4 is 23.1 Å². The molecule has 6 heteroatoms. The molecule has 3 rings (SSSR count). The third-order valence-corrected chi connectivity index (χ3v) is 3.74. The minimum absolute atomic E-state index is 0.0689. The van der Waals surface area contributed by atoms with Crippen LogP contribution in [0, 0.1) is 5.82 Å². The molecule has 0 radical (unpaired) electrons. The summed E-state index contributed by atoms with van der Waals surface area (Å²) in [6.07, 6.45) is 0.864. The summed E-state index contributed by atoms with van der Waals surface area (Å²) >= 11 is 0. The zero-order valence-electron chi connectivity index (χ0n) is 13.5. The number of hydrogen-bond donors (Lipinski definition) is 1. The highest BCUT2D eigenvalue weighted by Gasteiger charge is 2.40. The number of benzene rings is 2. The molecule has 0 spiro atoms. The van der Waals surface area contributed by atoms with E-state index in [9.17, 15) is 19.1 Å². The molecule has 0 atom stereocenters. The SMILES string of the molecule is CCCOc1ccc(C2=C(O)C(=O)N(c3cccc(F)c3)C2=O)cc1. The van der Waals surface area contributed by atoms with Crippen LogP contribution in [-0.4, -0.2) is 23.5 Å². The fourth-order valence-corrected chi connectivity index (χ4v) is 2.57. The average Bonchev–Trinajstić information content (AvgIpc) is 2.83. The van der Waals surface area contributed by atoms with Gasteiger partial charge in [0.1, 0.15) is 11.6 Å². The van der Waals surface area contributed by atoms with Gasteiger partial charge in [-0.05, 0) is 42.3 Å². The van der Waals surface area contributed by atoms with Crippen LogP contribution in [0.25, 0.3) is 5.57 Å². The quantitative estimate of drug-likeness (QED) is 0.846. The van der Waals surface area contributed by atoms with E-state index >= 15 is 0 Å². The van der Waals surface area contributed by atoms with Crippen molar-refractivity contribution in [3.8, 4) is 5.75 Å². The summed E-state index contributed by atoms with van der Waals surface area (Å²) in [6.45, 7) is 2.55. The number of imide groups is 1. The summed E-state index contributed by atoms with van der Waals surface area (Å²) in [4.78, 5) is 25.7. The predicted octanol–water partition coefficient (Wildman–Crippen LogP) is 3.46. The van der Waals surface area contributed by atoms with Crippen LogP contribution in [0.3, 0.4) is 0 Å². The lowest BCUT2D eigenvalue weighted by atomic mass is 10.1. The second kappa shape index (κ2) is 6.76. The van der Waals surface area contributed by atoms with Crippen molar-refractivity contribution in [3.05, 3.63) is 65.7 Å². The maximum Gasteiger partial charge on any atom is 0.301 e. The largest absolute Gasteiger partial charge is 0.502 e. The maximum atomic E-state index is 13.4. The molecule has 2 aromatic rings. The van der Waals surface area contributed by atoms with Gasteiger partial charge in [0.2, 0.25) is 0 Å². The second-order valence-electron chi connectivity index (χ2n) is 5.52. The summed E-state index contributed by atoms with van der Waals surface area (Å²) in [5.74, 6) is -2.18. The molecular weight excluding hydrogens is 325 g/mol. The van der Waals surface area contributed by atoms with E-state index in [-0.39, 0.29) is 11.3 Å². The lowest BCUT2D eigenvalue weighted by Crippen LogP contribution is -2.31. The molecule has 128 valence electrons. The zero-order valence-corrected chi connectivity index (χ0v) is 13.5. The molecule has 0 saturated carbocycles. The molecule has 2 amide bonds. The second-order valence-corrected chi connectivity index (χ2v) is 5.52. The number of ether oxygens (including phenoxy) is 1. The molecule has 0 bridgehead atoms. The van der Waals surface area contributed by atoms with Crippen molar-refractivity contribution in [3.63, 3.8) is 0 Å². The van der Waals surface area contributed by atoms with Gasteiger partial charge in [0, 0.05) is 0 Å². The van der Waals surface area contributed by atoms with Crippen molar-refractivity contribution in [2.75, 3.05) is 11.5 Å². The fraction of sp³-hybridized carbons (Fsp3) is 0.158. The van der Waals surface area contributed by atoms with Crippen LogP contribution < -0.4 is 9.64 Å². The number of amides is 2. The van der Waals surface area contributed by atoms with Crippen LogP contribution in [0.1, 0.15) is 18.9 Å². The Morgan fingerprint density at radius 2 is 1.80 bits per heavy atom. The first kappa shape index (κ1) is 16.7. The van der Waals surface area contributed by atoms with Crippen LogP contribution in [0.2, 0.25) is 0 Å². The van der Waals surface area contributed by atoms with Gasteiger partial charge in [0.15, 0.2) is 5.76 Å². The van der Waals surface area contributed by atoms with E-state index in [0.717, 1.165) is 17.4 Å². The Kier molecular flexibility index (Phi) is 4.52. The van der Waals surface area contributed by atoms with Crippen molar-refractivity contribution < 1.29 is 23.8 Å². The summed E-state index contributed by atoms with van der Waals surface area (Å²) in [6, 6.07) is 11.6. The predicted molar refractivity (Wildman–Crippen MR) is 90.7 cm³/mol. The van der Waals surface area contributed by atoms with E-state index < -0.39 is 23.4 Å². The number of carbonyl (C=O) groups is 2. The third-order valence-electron chi connectivity index (χ3n) is 3.74. The van der Waals surface area contributed by atoms with Gasteiger partial charge in [-0.3, -0.25) is 9.59 Å². The van der Waals surface area contributed by atoms with Gasteiger partial charge in [-0.25, -0.2) is 9.29 Å². The molecule has 0 aliphatic carbocycles. The molecule has 1 heterocycles.